The zero-order chi connectivity index (χ0) is 17.7. The lowest BCUT2D eigenvalue weighted by Crippen LogP contribution is -2.51. The van der Waals surface area contributed by atoms with Gasteiger partial charge in [-0.1, -0.05) is 60.1 Å². The Balaban J connectivity index is 1.74. The summed E-state index contributed by atoms with van der Waals surface area (Å²) in [5.74, 6) is -0.0358. The van der Waals surface area contributed by atoms with Gasteiger partial charge in [-0.25, -0.2) is 0 Å². The summed E-state index contributed by atoms with van der Waals surface area (Å²) in [6.07, 6.45) is 0.656. The molecule has 1 saturated heterocycles. The largest absolute Gasteiger partial charge is 0.387 e. The molecule has 2 aromatic carbocycles. The monoisotopic (exact) mass is 358 g/mol. The molecule has 1 atom stereocenters. The third kappa shape index (κ3) is 3.87. The summed E-state index contributed by atoms with van der Waals surface area (Å²) in [5.41, 5.74) is 1.11. The van der Waals surface area contributed by atoms with Crippen LogP contribution < -0.4 is 10.6 Å². The molecule has 25 heavy (non-hydrogen) atoms. The molecule has 0 spiro atoms. The van der Waals surface area contributed by atoms with Gasteiger partial charge in [0.2, 0.25) is 5.91 Å². The molecule has 3 N–H and O–H groups in total. The van der Waals surface area contributed by atoms with E-state index in [9.17, 15) is 9.90 Å². The highest BCUT2D eigenvalue weighted by Gasteiger charge is 2.41. The van der Waals surface area contributed by atoms with Crippen molar-refractivity contribution in [1.29, 1.82) is 0 Å². The molecule has 3 rings (SSSR count). The van der Waals surface area contributed by atoms with Crippen molar-refractivity contribution in [2.45, 2.75) is 24.4 Å². The minimum absolute atomic E-state index is 0.0358. The van der Waals surface area contributed by atoms with Crippen LogP contribution in [0, 0.1) is 0 Å². The van der Waals surface area contributed by atoms with E-state index in [-0.39, 0.29) is 12.5 Å². The summed E-state index contributed by atoms with van der Waals surface area (Å²) in [7, 11) is 0. The van der Waals surface area contributed by atoms with Crippen LogP contribution in [0.1, 0.15) is 30.1 Å². The van der Waals surface area contributed by atoms with Crippen molar-refractivity contribution in [1.82, 2.24) is 10.6 Å². The van der Waals surface area contributed by atoms with E-state index < -0.39 is 11.5 Å². The normalized spacial score (nSPS) is 17.7. The Kier molecular flexibility index (Phi) is 5.74. The van der Waals surface area contributed by atoms with Crippen molar-refractivity contribution in [2.24, 2.45) is 0 Å². The predicted molar refractivity (Wildman–Crippen MR) is 99.6 cm³/mol. The first-order valence-corrected chi connectivity index (χ1v) is 8.98. The standard InChI is InChI=1S/C20H23ClN2O2/c21-17-9-5-4-8-16(17)18(24)14-23-19(25)20(10-12-22-13-11-20)15-6-2-1-3-7-15/h1-9,18,22,24H,10-14H2,(H,23,25)/t18-/m0/s1. The molecular formula is C20H23ClN2O2. The van der Waals surface area contributed by atoms with Gasteiger partial charge in [-0.3, -0.25) is 4.79 Å². The number of hydrogen-bond acceptors (Lipinski definition) is 3. The van der Waals surface area contributed by atoms with E-state index in [0.29, 0.717) is 10.6 Å². The predicted octanol–water partition coefficient (Wildman–Crippen LogP) is 2.81. The summed E-state index contributed by atoms with van der Waals surface area (Å²) in [5, 5.41) is 17.2. The Morgan fingerprint density at radius 2 is 1.76 bits per heavy atom. The number of benzene rings is 2. The summed E-state index contributed by atoms with van der Waals surface area (Å²) >= 11 is 6.13. The third-order valence-electron chi connectivity index (χ3n) is 4.94. The first kappa shape index (κ1) is 17.9. The van der Waals surface area contributed by atoms with Crippen LogP contribution in [0.15, 0.2) is 54.6 Å². The van der Waals surface area contributed by atoms with Crippen LogP contribution in [0.2, 0.25) is 5.02 Å². The third-order valence-corrected chi connectivity index (χ3v) is 5.28. The Morgan fingerprint density at radius 3 is 2.44 bits per heavy atom. The lowest BCUT2D eigenvalue weighted by molar-refractivity contribution is -0.128. The molecule has 0 radical (unpaired) electrons. The Labute approximate surface area is 153 Å². The second-order valence-electron chi connectivity index (χ2n) is 6.45. The van der Waals surface area contributed by atoms with Crippen LogP contribution in [0.25, 0.3) is 0 Å². The molecule has 132 valence electrons. The molecule has 0 bridgehead atoms. The van der Waals surface area contributed by atoms with E-state index >= 15 is 0 Å². The van der Waals surface area contributed by atoms with Crippen LogP contribution in [0.5, 0.6) is 0 Å². The summed E-state index contributed by atoms with van der Waals surface area (Å²) in [4.78, 5) is 13.1. The Morgan fingerprint density at radius 1 is 1.12 bits per heavy atom. The van der Waals surface area contributed by atoms with E-state index in [0.717, 1.165) is 31.5 Å². The average Bonchev–Trinajstić information content (AvgIpc) is 2.67. The molecule has 0 saturated carbocycles. The van der Waals surface area contributed by atoms with E-state index in [4.69, 9.17) is 11.6 Å². The number of aliphatic hydroxyl groups excluding tert-OH is 1. The zero-order valence-electron chi connectivity index (χ0n) is 14.0. The van der Waals surface area contributed by atoms with Crippen molar-refractivity contribution in [2.75, 3.05) is 19.6 Å². The van der Waals surface area contributed by atoms with Crippen molar-refractivity contribution >= 4 is 17.5 Å². The number of carbonyl (C=O) groups is 1. The molecule has 0 aliphatic carbocycles. The maximum Gasteiger partial charge on any atom is 0.230 e. The second-order valence-corrected chi connectivity index (χ2v) is 6.85. The van der Waals surface area contributed by atoms with Crippen LogP contribution >= 0.6 is 11.6 Å². The second kappa shape index (κ2) is 8.00. The fourth-order valence-corrected chi connectivity index (χ4v) is 3.73. The van der Waals surface area contributed by atoms with Crippen molar-refractivity contribution < 1.29 is 9.90 Å². The van der Waals surface area contributed by atoms with Gasteiger partial charge in [0.15, 0.2) is 0 Å². The molecule has 1 fully saturated rings. The number of carbonyl (C=O) groups excluding carboxylic acids is 1. The molecule has 5 heteroatoms. The van der Waals surface area contributed by atoms with E-state index in [1.807, 2.05) is 42.5 Å². The van der Waals surface area contributed by atoms with Crippen LogP contribution in [0.3, 0.4) is 0 Å². The highest BCUT2D eigenvalue weighted by Crippen LogP contribution is 2.34. The van der Waals surface area contributed by atoms with Crippen LogP contribution in [0.4, 0.5) is 0 Å². The fraction of sp³-hybridized carbons (Fsp3) is 0.350. The van der Waals surface area contributed by atoms with Crippen molar-refractivity contribution in [3.05, 3.63) is 70.7 Å². The Hall–Kier alpha value is -1.88. The zero-order valence-corrected chi connectivity index (χ0v) is 14.8. The molecule has 0 aromatic heterocycles. The molecule has 1 heterocycles. The number of piperidine rings is 1. The van der Waals surface area contributed by atoms with Gasteiger partial charge in [0.25, 0.3) is 0 Å². The fourth-order valence-electron chi connectivity index (χ4n) is 3.47. The smallest absolute Gasteiger partial charge is 0.230 e. The highest BCUT2D eigenvalue weighted by atomic mass is 35.5. The molecule has 1 aliphatic heterocycles. The lowest BCUT2D eigenvalue weighted by atomic mass is 9.72. The summed E-state index contributed by atoms with van der Waals surface area (Å²) < 4.78 is 0. The molecular weight excluding hydrogens is 336 g/mol. The molecule has 4 nitrogen and oxygen atoms in total. The molecule has 2 aromatic rings. The van der Waals surface area contributed by atoms with Gasteiger partial charge in [-0.05, 0) is 37.6 Å². The van der Waals surface area contributed by atoms with Crippen molar-refractivity contribution in [3.63, 3.8) is 0 Å². The SMILES string of the molecule is O=C(NC[C@H](O)c1ccccc1Cl)C1(c2ccccc2)CCNCC1. The minimum Gasteiger partial charge on any atom is -0.387 e. The summed E-state index contributed by atoms with van der Waals surface area (Å²) in [6.45, 7) is 1.75. The van der Waals surface area contributed by atoms with E-state index in [2.05, 4.69) is 10.6 Å². The van der Waals surface area contributed by atoms with Gasteiger partial charge >= 0.3 is 0 Å². The maximum atomic E-state index is 13.1. The minimum atomic E-state index is -0.827. The molecule has 0 unspecified atom stereocenters. The van der Waals surface area contributed by atoms with Crippen molar-refractivity contribution in [3.8, 4) is 0 Å². The van der Waals surface area contributed by atoms with Gasteiger partial charge in [0.05, 0.1) is 11.5 Å². The van der Waals surface area contributed by atoms with Gasteiger partial charge in [-0.2, -0.15) is 0 Å². The lowest BCUT2D eigenvalue weighted by Gasteiger charge is -2.37. The van der Waals surface area contributed by atoms with E-state index in [1.165, 1.54) is 0 Å². The first-order valence-electron chi connectivity index (χ1n) is 8.60. The Bertz CT molecular complexity index is 715. The molecule has 1 aliphatic rings. The average molecular weight is 359 g/mol. The number of halogens is 1. The number of amides is 1. The quantitative estimate of drug-likeness (QED) is 0.770. The van der Waals surface area contributed by atoms with Gasteiger partial charge in [0.1, 0.15) is 0 Å². The van der Waals surface area contributed by atoms with Gasteiger partial charge in [0, 0.05) is 17.1 Å². The highest BCUT2D eigenvalue weighted by molar-refractivity contribution is 6.31. The number of hydrogen-bond donors (Lipinski definition) is 3. The first-order chi connectivity index (χ1) is 12.1. The number of aliphatic hydroxyl groups is 1. The number of rotatable bonds is 5. The summed E-state index contributed by atoms with van der Waals surface area (Å²) in [6, 6.07) is 17.1. The topological polar surface area (TPSA) is 61.4 Å². The maximum absolute atomic E-state index is 13.1. The van der Waals surface area contributed by atoms with E-state index in [1.54, 1.807) is 12.1 Å². The van der Waals surface area contributed by atoms with Crippen LogP contribution in [-0.4, -0.2) is 30.6 Å². The van der Waals surface area contributed by atoms with Gasteiger partial charge < -0.3 is 15.7 Å². The van der Waals surface area contributed by atoms with Gasteiger partial charge in [-0.15, -0.1) is 0 Å². The van der Waals surface area contributed by atoms with Crippen LogP contribution in [-0.2, 0) is 10.2 Å². The number of nitrogens with one attached hydrogen (secondary N) is 2. The molecule has 1 amide bonds.